The number of hydrogen-bond donors (Lipinski definition) is 0. The third kappa shape index (κ3) is 7.60. The van der Waals surface area contributed by atoms with Crippen LogP contribution in [-0.2, 0) is 22.3 Å². The molecule has 1 fully saturated rings. The fourth-order valence-electron chi connectivity index (χ4n) is 5.57. The average molecular weight is 638 g/mol. The van der Waals surface area contributed by atoms with Gasteiger partial charge < -0.3 is 19.1 Å². The second-order valence-corrected chi connectivity index (χ2v) is 10.5. The van der Waals surface area contributed by atoms with Gasteiger partial charge in [-0.15, -0.1) is 0 Å². The van der Waals surface area contributed by atoms with Gasteiger partial charge in [-0.1, -0.05) is 6.07 Å². The van der Waals surface area contributed by atoms with Crippen LogP contribution < -0.4 is 9.47 Å². The van der Waals surface area contributed by atoms with Gasteiger partial charge in [-0.2, -0.15) is 18.3 Å². The number of aromatic nitrogens is 2. The third-order valence-corrected chi connectivity index (χ3v) is 7.58. The van der Waals surface area contributed by atoms with Crippen LogP contribution in [-0.4, -0.2) is 59.7 Å². The van der Waals surface area contributed by atoms with Crippen molar-refractivity contribution in [2.45, 2.75) is 51.4 Å². The number of halogens is 5. The molecule has 242 valence electrons. The highest BCUT2D eigenvalue weighted by atomic mass is 19.4. The predicted octanol–water partition coefficient (Wildman–Crippen LogP) is 6.02. The summed E-state index contributed by atoms with van der Waals surface area (Å²) in [5, 5.41) is 3.93. The van der Waals surface area contributed by atoms with Gasteiger partial charge in [-0.3, -0.25) is 19.1 Å². The lowest BCUT2D eigenvalue weighted by atomic mass is 9.86. The second-order valence-electron chi connectivity index (χ2n) is 10.5. The molecule has 1 aliphatic rings. The Balaban J connectivity index is 1.71. The first kappa shape index (κ1) is 33.4. The molecule has 0 saturated heterocycles. The van der Waals surface area contributed by atoms with Gasteiger partial charge in [0.25, 0.3) is 5.91 Å². The monoisotopic (exact) mass is 637 g/mol. The van der Waals surface area contributed by atoms with E-state index in [0.717, 1.165) is 27.9 Å². The van der Waals surface area contributed by atoms with Crippen LogP contribution in [0.25, 0.3) is 0 Å². The Bertz CT molecular complexity index is 1510. The van der Waals surface area contributed by atoms with E-state index in [0.29, 0.717) is 6.07 Å². The number of rotatable bonds is 11. The van der Waals surface area contributed by atoms with Gasteiger partial charge in [0.1, 0.15) is 28.7 Å². The van der Waals surface area contributed by atoms with Gasteiger partial charge in [0.2, 0.25) is 0 Å². The molecular weight excluding hydrogens is 605 g/mol. The maximum absolute atomic E-state index is 14.6. The summed E-state index contributed by atoms with van der Waals surface area (Å²) in [5.74, 6) is -4.63. The maximum atomic E-state index is 14.6. The largest absolute Gasteiger partial charge is 0.496 e. The Morgan fingerprint density at radius 3 is 2.11 bits per heavy atom. The van der Waals surface area contributed by atoms with Crippen LogP contribution in [0.15, 0.2) is 42.6 Å². The minimum Gasteiger partial charge on any atom is -0.496 e. The molecular formula is C31H32F5N3O6. The quantitative estimate of drug-likeness (QED) is 0.144. The summed E-state index contributed by atoms with van der Waals surface area (Å²) >= 11 is 0. The standard InChI is InChI=1S/C31H32F5N3O6/c1-4-45-30(42)19-8-10-22(11-9-19)39-28(31(34,35)36)23(15-37-39)29(41)38(16-18-12-20(32)14-21(33)13-18)17-24(40)27-25(43-2)6-5-7-26(27)44-3/h5-7,12-15,19,22H,4,8-11,16-17H2,1-3H3. The zero-order valence-electron chi connectivity index (χ0n) is 24.8. The number of benzene rings is 2. The number of carbonyl (C=O) groups is 3. The molecule has 0 unspecified atom stereocenters. The van der Waals surface area contributed by atoms with E-state index < -0.39 is 71.8 Å². The highest BCUT2D eigenvalue weighted by Gasteiger charge is 2.43. The number of ether oxygens (including phenoxy) is 3. The van der Waals surface area contributed by atoms with Crippen LogP contribution in [0, 0.1) is 17.6 Å². The summed E-state index contributed by atoms with van der Waals surface area (Å²) in [6.07, 6.45) is -3.35. The molecule has 0 N–H and O–H groups in total. The van der Waals surface area contributed by atoms with Crippen LogP contribution in [0.1, 0.15) is 70.6 Å². The molecule has 0 bridgehead atoms. The van der Waals surface area contributed by atoms with Crippen LogP contribution >= 0.6 is 0 Å². The Hall–Kier alpha value is -4.49. The van der Waals surface area contributed by atoms with Crippen LogP contribution in [0.3, 0.4) is 0 Å². The minimum atomic E-state index is -5.04. The maximum Gasteiger partial charge on any atom is 0.433 e. The van der Waals surface area contributed by atoms with E-state index in [1.807, 2.05) is 0 Å². The Labute approximate surface area is 255 Å². The summed E-state index contributed by atoms with van der Waals surface area (Å²) in [6, 6.07) is 6.14. The first-order valence-electron chi connectivity index (χ1n) is 14.2. The fourth-order valence-corrected chi connectivity index (χ4v) is 5.57. The molecule has 0 spiro atoms. The average Bonchev–Trinajstić information content (AvgIpc) is 3.46. The molecule has 0 radical (unpaired) electrons. The lowest BCUT2D eigenvalue weighted by Gasteiger charge is -2.29. The van der Waals surface area contributed by atoms with E-state index in [1.54, 1.807) is 13.0 Å². The van der Waals surface area contributed by atoms with E-state index >= 15 is 0 Å². The number of carbonyl (C=O) groups excluding carboxylic acids is 3. The number of nitrogens with zero attached hydrogens (tertiary/aromatic N) is 3. The predicted molar refractivity (Wildman–Crippen MR) is 150 cm³/mol. The molecule has 4 rings (SSSR count). The first-order chi connectivity index (χ1) is 21.4. The molecule has 1 aromatic heterocycles. The summed E-state index contributed by atoms with van der Waals surface area (Å²) in [7, 11) is 2.60. The van der Waals surface area contributed by atoms with Gasteiger partial charge in [-0.25, -0.2) is 8.78 Å². The first-order valence-corrected chi connectivity index (χ1v) is 14.2. The molecule has 45 heavy (non-hydrogen) atoms. The number of hydrogen-bond acceptors (Lipinski definition) is 7. The van der Waals surface area contributed by atoms with E-state index in [4.69, 9.17) is 14.2 Å². The number of Topliss-reactive ketones (excluding diaryl/α,β-unsaturated/α-hetero) is 1. The summed E-state index contributed by atoms with van der Waals surface area (Å²) < 4.78 is 88.1. The van der Waals surface area contributed by atoms with E-state index in [-0.39, 0.29) is 54.9 Å². The molecule has 1 aliphatic carbocycles. The molecule has 9 nitrogen and oxygen atoms in total. The zero-order valence-corrected chi connectivity index (χ0v) is 24.8. The van der Waals surface area contributed by atoms with E-state index in [2.05, 4.69) is 5.10 Å². The second kappa shape index (κ2) is 14.1. The van der Waals surface area contributed by atoms with Crippen LogP contribution in [0.5, 0.6) is 11.5 Å². The van der Waals surface area contributed by atoms with Crippen molar-refractivity contribution in [2.24, 2.45) is 5.92 Å². The third-order valence-electron chi connectivity index (χ3n) is 7.58. The molecule has 3 aromatic rings. The number of amides is 1. The lowest BCUT2D eigenvalue weighted by molar-refractivity contribution is -0.151. The summed E-state index contributed by atoms with van der Waals surface area (Å²) in [5.41, 5.74) is -2.34. The van der Waals surface area contributed by atoms with Crippen molar-refractivity contribution in [3.05, 3.63) is 76.6 Å². The number of alkyl halides is 3. The summed E-state index contributed by atoms with van der Waals surface area (Å²) in [4.78, 5) is 40.3. The normalized spacial score (nSPS) is 16.6. The highest BCUT2D eigenvalue weighted by Crippen LogP contribution is 2.39. The van der Waals surface area contributed by atoms with Crippen molar-refractivity contribution in [1.82, 2.24) is 14.7 Å². The van der Waals surface area contributed by atoms with E-state index in [9.17, 15) is 36.3 Å². The van der Waals surface area contributed by atoms with Crippen molar-refractivity contribution in [3.63, 3.8) is 0 Å². The highest BCUT2D eigenvalue weighted by molar-refractivity contribution is 6.05. The smallest absolute Gasteiger partial charge is 0.433 e. The number of esters is 1. The fraction of sp³-hybridized carbons (Fsp3) is 0.419. The molecule has 14 heteroatoms. The Kier molecular flexibility index (Phi) is 10.5. The summed E-state index contributed by atoms with van der Waals surface area (Å²) in [6.45, 7) is 0.452. The molecule has 1 heterocycles. The number of ketones is 1. The van der Waals surface area contributed by atoms with Crippen molar-refractivity contribution >= 4 is 17.7 Å². The molecule has 1 saturated carbocycles. The van der Waals surface area contributed by atoms with Crippen LogP contribution in [0.4, 0.5) is 22.0 Å². The molecule has 2 aromatic carbocycles. The topological polar surface area (TPSA) is 100.0 Å². The van der Waals surface area contributed by atoms with Gasteiger partial charge in [-0.05, 0) is 62.4 Å². The van der Waals surface area contributed by atoms with Crippen molar-refractivity contribution in [1.29, 1.82) is 0 Å². The van der Waals surface area contributed by atoms with Gasteiger partial charge >= 0.3 is 12.1 Å². The van der Waals surface area contributed by atoms with Crippen molar-refractivity contribution in [3.8, 4) is 11.5 Å². The molecule has 0 aliphatic heterocycles. The van der Waals surface area contributed by atoms with Crippen molar-refractivity contribution < 1.29 is 50.5 Å². The molecule has 0 atom stereocenters. The van der Waals surface area contributed by atoms with Crippen LogP contribution in [0.2, 0.25) is 0 Å². The SMILES string of the molecule is CCOC(=O)C1CCC(n2ncc(C(=O)N(CC(=O)c3c(OC)cccc3OC)Cc3cc(F)cc(F)c3)c2C(F)(F)F)CC1. The van der Waals surface area contributed by atoms with Gasteiger partial charge in [0.15, 0.2) is 11.5 Å². The Morgan fingerprint density at radius 1 is 0.978 bits per heavy atom. The number of methoxy groups -OCH3 is 2. The van der Waals surface area contributed by atoms with E-state index in [1.165, 1.54) is 26.4 Å². The van der Waals surface area contributed by atoms with Gasteiger partial charge in [0, 0.05) is 12.6 Å². The lowest BCUT2D eigenvalue weighted by Crippen LogP contribution is -2.37. The zero-order chi connectivity index (χ0) is 32.9. The Morgan fingerprint density at radius 2 is 1.58 bits per heavy atom. The molecule has 1 amide bonds. The van der Waals surface area contributed by atoms with Gasteiger partial charge in [0.05, 0.1) is 51.1 Å². The van der Waals surface area contributed by atoms with Crippen molar-refractivity contribution in [2.75, 3.05) is 27.4 Å². The minimum absolute atomic E-state index is 0.0733.